The van der Waals surface area contributed by atoms with Gasteiger partial charge in [0, 0.05) is 32.2 Å². The van der Waals surface area contributed by atoms with Gasteiger partial charge in [0.1, 0.15) is 0 Å². The molecule has 82 valence electrons. The summed E-state index contributed by atoms with van der Waals surface area (Å²) in [6.07, 6.45) is 2.63. The second-order valence-corrected chi connectivity index (χ2v) is 3.96. The molecule has 1 atom stereocenters. The van der Waals surface area contributed by atoms with Crippen molar-refractivity contribution in [3.8, 4) is 0 Å². The van der Waals surface area contributed by atoms with Gasteiger partial charge in [0.05, 0.1) is 0 Å². The fourth-order valence-electron chi connectivity index (χ4n) is 1.61. The number of amides is 1. The SMILES string of the molecule is CC(CN)NC(=O)CC1CCOCC1. The van der Waals surface area contributed by atoms with Crippen LogP contribution in [0.3, 0.4) is 0 Å². The van der Waals surface area contributed by atoms with Crippen LogP contribution in [0.25, 0.3) is 0 Å². The lowest BCUT2D eigenvalue weighted by molar-refractivity contribution is -0.123. The third-order valence-electron chi connectivity index (χ3n) is 2.58. The van der Waals surface area contributed by atoms with E-state index in [2.05, 4.69) is 5.32 Å². The average Bonchev–Trinajstić information content (AvgIpc) is 2.19. The monoisotopic (exact) mass is 200 g/mol. The van der Waals surface area contributed by atoms with Gasteiger partial charge in [-0.2, -0.15) is 0 Å². The third kappa shape index (κ3) is 4.07. The molecule has 1 unspecified atom stereocenters. The van der Waals surface area contributed by atoms with E-state index in [1.807, 2.05) is 6.92 Å². The number of hydrogen-bond donors (Lipinski definition) is 2. The highest BCUT2D eigenvalue weighted by Gasteiger charge is 2.17. The van der Waals surface area contributed by atoms with Crippen molar-refractivity contribution in [3.05, 3.63) is 0 Å². The molecular weight excluding hydrogens is 180 g/mol. The number of ether oxygens (including phenoxy) is 1. The molecule has 0 aromatic carbocycles. The number of carbonyl (C=O) groups is 1. The first-order valence-corrected chi connectivity index (χ1v) is 5.29. The zero-order valence-electron chi connectivity index (χ0n) is 8.79. The molecule has 1 rings (SSSR count). The van der Waals surface area contributed by atoms with Crippen molar-refractivity contribution < 1.29 is 9.53 Å². The molecule has 4 nitrogen and oxygen atoms in total. The Morgan fingerprint density at radius 2 is 2.21 bits per heavy atom. The standard InChI is InChI=1S/C10H20N2O2/c1-8(7-11)12-10(13)6-9-2-4-14-5-3-9/h8-9H,2-7,11H2,1H3,(H,12,13). The van der Waals surface area contributed by atoms with E-state index in [1.165, 1.54) is 0 Å². The highest BCUT2D eigenvalue weighted by molar-refractivity contribution is 5.76. The van der Waals surface area contributed by atoms with E-state index >= 15 is 0 Å². The Kier molecular flexibility index (Phi) is 4.90. The van der Waals surface area contributed by atoms with Crippen molar-refractivity contribution in [3.63, 3.8) is 0 Å². The van der Waals surface area contributed by atoms with E-state index < -0.39 is 0 Å². The van der Waals surface area contributed by atoms with E-state index in [4.69, 9.17) is 10.5 Å². The Balaban J connectivity index is 2.18. The summed E-state index contributed by atoms with van der Waals surface area (Å²) in [6.45, 7) is 4.01. The number of carbonyl (C=O) groups excluding carboxylic acids is 1. The van der Waals surface area contributed by atoms with Gasteiger partial charge >= 0.3 is 0 Å². The van der Waals surface area contributed by atoms with Crippen LogP contribution in [0.5, 0.6) is 0 Å². The first-order valence-electron chi connectivity index (χ1n) is 5.29. The Labute approximate surface area is 85.2 Å². The molecule has 1 saturated heterocycles. The van der Waals surface area contributed by atoms with Crippen molar-refractivity contribution in [1.82, 2.24) is 5.32 Å². The number of nitrogens with one attached hydrogen (secondary N) is 1. The zero-order valence-corrected chi connectivity index (χ0v) is 8.79. The molecule has 4 heteroatoms. The van der Waals surface area contributed by atoms with Gasteiger partial charge in [-0.3, -0.25) is 4.79 Å². The molecule has 1 aliphatic heterocycles. The molecule has 0 spiro atoms. The minimum atomic E-state index is 0.0855. The molecule has 1 fully saturated rings. The summed E-state index contributed by atoms with van der Waals surface area (Å²) < 4.78 is 5.23. The molecule has 0 radical (unpaired) electrons. The van der Waals surface area contributed by atoms with Crippen molar-refractivity contribution in [2.75, 3.05) is 19.8 Å². The van der Waals surface area contributed by atoms with E-state index in [0.29, 0.717) is 18.9 Å². The van der Waals surface area contributed by atoms with Crippen molar-refractivity contribution >= 4 is 5.91 Å². The highest BCUT2D eigenvalue weighted by atomic mass is 16.5. The minimum Gasteiger partial charge on any atom is -0.381 e. The fourth-order valence-corrected chi connectivity index (χ4v) is 1.61. The van der Waals surface area contributed by atoms with Crippen LogP contribution in [-0.4, -0.2) is 31.7 Å². The lowest BCUT2D eigenvalue weighted by Crippen LogP contribution is -2.39. The Morgan fingerprint density at radius 1 is 1.57 bits per heavy atom. The summed E-state index contributed by atoms with van der Waals surface area (Å²) in [7, 11) is 0. The normalized spacial score (nSPS) is 20.4. The predicted octanol–water partition coefficient (Wildman–Crippen LogP) is 0.267. The number of nitrogens with two attached hydrogens (primary N) is 1. The van der Waals surface area contributed by atoms with Crippen molar-refractivity contribution in [2.45, 2.75) is 32.2 Å². The summed E-state index contributed by atoms with van der Waals surface area (Å²) in [6, 6.07) is 0.0855. The van der Waals surface area contributed by atoms with Gasteiger partial charge in [0.2, 0.25) is 5.91 Å². The van der Waals surface area contributed by atoms with Gasteiger partial charge in [-0.25, -0.2) is 0 Å². The highest BCUT2D eigenvalue weighted by Crippen LogP contribution is 2.17. The third-order valence-corrected chi connectivity index (χ3v) is 2.58. The van der Waals surface area contributed by atoms with Crippen LogP contribution >= 0.6 is 0 Å². The van der Waals surface area contributed by atoms with Crippen LogP contribution in [-0.2, 0) is 9.53 Å². The fraction of sp³-hybridized carbons (Fsp3) is 0.900. The maximum Gasteiger partial charge on any atom is 0.220 e. The number of rotatable bonds is 4. The molecule has 14 heavy (non-hydrogen) atoms. The van der Waals surface area contributed by atoms with Gasteiger partial charge in [0.15, 0.2) is 0 Å². The maximum atomic E-state index is 11.5. The zero-order chi connectivity index (χ0) is 10.4. The number of hydrogen-bond acceptors (Lipinski definition) is 3. The smallest absolute Gasteiger partial charge is 0.220 e. The quantitative estimate of drug-likeness (QED) is 0.684. The Hall–Kier alpha value is -0.610. The second kappa shape index (κ2) is 5.98. The lowest BCUT2D eigenvalue weighted by atomic mass is 9.96. The van der Waals surface area contributed by atoms with Crippen LogP contribution in [0.4, 0.5) is 0 Å². The van der Waals surface area contributed by atoms with Crippen molar-refractivity contribution in [2.24, 2.45) is 11.7 Å². The first kappa shape index (κ1) is 11.5. The molecule has 0 bridgehead atoms. The molecule has 1 amide bonds. The molecule has 0 aliphatic carbocycles. The van der Waals surface area contributed by atoms with Crippen LogP contribution in [0.2, 0.25) is 0 Å². The van der Waals surface area contributed by atoms with Crippen LogP contribution < -0.4 is 11.1 Å². The molecule has 0 saturated carbocycles. The van der Waals surface area contributed by atoms with Gasteiger partial charge in [-0.1, -0.05) is 0 Å². The summed E-state index contributed by atoms with van der Waals surface area (Å²) in [5.74, 6) is 0.614. The Bertz CT molecular complexity index is 179. The maximum absolute atomic E-state index is 11.5. The van der Waals surface area contributed by atoms with Crippen LogP contribution in [0, 0.1) is 5.92 Å². The van der Waals surface area contributed by atoms with Gasteiger partial charge in [0.25, 0.3) is 0 Å². The van der Waals surface area contributed by atoms with E-state index in [9.17, 15) is 4.79 Å². The van der Waals surface area contributed by atoms with E-state index in [1.54, 1.807) is 0 Å². The lowest BCUT2D eigenvalue weighted by Gasteiger charge is -2.22. The van der Waals surface area contributed by atoms with Gasteiger partial charge in [-0.05, 0) is 25.7 Å². The molecule has 3 N–H and O–H groups in total. The topological polar surface area (TPSA) is 64.3 Å². The Morgan fingerprint density at radius 3 is 2.79 bits per heavy atom. The largest absolute Gasteiger partial charge is 0.381 e. The predicted molar refractivity (Wildman–Crippen MR) is 54.8 cm³/mol. The van der Waals surface area contributed by atoms with E-state index in [-0.39, 0.29) is 11.9 Å². The van der Waals surface area contributed by atoms with Gasteiger partial charge < -0.3 is 15.8 Å². The van der Waals surface area contributed by atoms with Crippen LogP contribution in [0.1, 0.15) is 26.2 Å². The second-order valence-electron chi connectivity index (χ2n) is 3.96. The molecule has 0 aromatic rings. The molecule has 1 heterocycles. The summed E-state index contributed by atoms with van der Waals surface area (Å²) >= 11 is 0. The first-order chi connectivity index (χ1) is 6.72. The summed E-state index contributed by atoms with van der Waals surface area (Å²) in [5.41, 5.74) is 5.42. The molecule has 1 aliphatic rings. The van der Waals surface area contributed by atoms with Crippen LogP contribution in [0.15, 0.2) is 0 Å². The summed E-state index contributed by atoms with van der Waals surface area (Å²) in [5, 5.41) is 2.87. The summed E-state index contributed by atoms with van der Waals surface area (Å²) in [4.78, 5) is 11.5. The average molecular weight is 200 g/mol. The molecule has 0 aromatic heterocycles. The molecular formula is C10H20N2O2. The minimum absolute atomic E-state index is 0.0855. The van der Waals surface area contributed by atoms with Gasteiger partial charge in [-0.15, -0.1) is 0 Å². The van der Waals surface area contributed by atoms with Crippen molar-refractivity contribution in [1.29, 1.82) is 0 Å². The van der Waals surface area contributed by atoms with E-state index in [0.717, 1.165) is 26.1 Å².